The first-order chi connectivity index (χ1) is 6.96. The molecule has 1 aliphatic heterocycles. The average molecular weight is 214 g/mol. The molecule has 0 aromatic heterocycles. The quantitative estimate of drug-likeness (QED) is 0.561. The third-order valence-corrected chi connectivity index (χ3v) is 2.59. The fraction of sp³-hybridized carbons (Fsp3) is 0.625. The van der Waals surface area contributed by atoms with Gasteiger partial charge in [-0.05, 0) is 12.8 Å². The van der Waals surface area contributed by atoms with Crippen LogP contribution in [-0.2, 0) is 4.79 Å². The van der Waals surface area contributed by atoms with Crippen LogP contribution in [0.15, 0.2) is 0 Å². The lowest BCUT2D eigenvalue weighted by Gasteiger charge is -2.22. The number of hydrogen-bond acceptors (Lipinski definition) is 3. The Morgan fingerprint density at radius 3 is 2.33 bits per heavy atom. The number of nitrogens with zero attached hydrogens (tertiary/aromatic N) is 1. The van der Waals surface area contributed by atoms with E-state index >= 15 is 0 Å². The van der Waals surface area contributed by atoms with Gasteiger partial charge in [-0.25, -0.2) is 15.0 Å². The van der Waals surface area contributed by atoms with Crippen LogP contribution in [0.4, 0.5) is 9.59 Å². The lowest BCUT2D eigenvalue weighted by Crippen LogP contribution is -2.51. The van der Waals surface area contributed by atoms with Crippen LogP contribution in [0.25, 0.3) is 0 Å². The molecule has 1 fully saturated rings. The van der Waals surface area contributed by atoms with Gasteiger partial charge in [-0.1, -0.05) is 13.8 Å². The fourth-order valence-corrected chi connectivity index (χ4v) is 1.56. The van der Waals surface area contributed by atoms with Gasteiger partial charge < -0.3 is 11.1 Å². The monoisotopic (exact) mass is 214 g/mol. The average Bonchev–Trinajstić information content (AvgIpc) is 2.42. The highest BCUT2D eigenvalue weighted by Crippen LogP contribution is 2.23. The minimum absolute atomic E-state index is 0.463. The van der Waals surface area contributed by atoms with Crippen LogP contribution < -0.4 is 16.5 Å². The number of urea groups is 2. The van der Waals surface area contributed by atoms with Crippen molar-refractivity contribution in [1.82, 2.24) is 15.8 Å². The second-order valence-electron chi connectivity index (χ2n) is 3.34. The second kappa shape index (κ2) is 3.76. The molecule has 4 N–H and O–H groups in total. The standard InChI is InChI=1S/C8H14N4O3/c1-3-8(4-2)5(13)12(7(15)10-8)11-6(9)14/h3-4H2,1-2H3,(H,10,15)(H3,9,11,14). The molecule has 0 atom stereocenters. The molecule has 0 radical (unpaired) electrons. The van der Waals surface area contributed by atoms with Gasteiger partial charge in [-0.2, -0.15) is 5.01 Å². The molecular weight excluding hydrogens is 200 g/mol. The summed E-state index contributed by atoms with van der Waals surface area (Å²) in [6, 6.07) is -1.59. The number of imide groups is 1. The Kier molecular flexibility index (Phi) is 2.83. The maximum Gasteiger partial charge on any atom is 0.344 e. The molecule has 7 nitrogen and oxygen atoms in total. The molecule has 0 aliphatic carbocycles. The third-order valence-electron chi connectivity index (χ3n) is 2.59. The number of amides is 5. The molecule has 0 bridgehead atoms. The number of rotatable bonds is 3. The van der Waals surface area contributed by atoms with E-state index in [-0.39, 0.29) is 0 Å². The molecular formula is C8H14N4O3. The molecule has 1 saturated heterocycles. The van der Waals surface area contributed by atoms with E-state index in [0.29, 0.717) is 17.9 Å². The molecule has 0 spiro atoms. The van der Waals surface area contributed by atoms with Crippen LogP contribution in [0, 0.1) is 0 Å². The summed E-state index contributed by atoms with van der Waals surface area (Å²) < 4.78 is 0. The van der Waals surface area contributed by atoms with E-state index in [4.69, 9.17) is 5.73 Å². The first-order valence-electron chi connectivity index (χ1n) is 4.69. The van der Waals surface area contributed by atoms with E-state index in [0.717, 1.165) is 0 Å². The zero-order valence-corrected chi connectivity index (χ0v) is 8.66. The van der Waals surface area contributed by atoms with Crippen molar-refractivity contribution in [3.8, 4) is 0 Å². The van der Waals surface area contributed by atoms with E-state index in [2.05, 4.69) is 5.32 Å². The lowest BCUT2D eigenvalue weighted by atomic mass is 9.93. The van der Waals surface area contributed by atoms with E-state index in [1.165, 1.54) is 0 Å². The van der Waals surface area contributed by atoms with Crippen molar-refractivity contribution >= 4 is 18.0 Å². The predicted molar refractivity (Wildman–Crippen MR) is 51.4 cm³/mol. The van der Waals surface area contributed by atoms with Crippen LogP contribution in [0.1, 0.15) is 26.7 Å². The number of nitrogens with two attached hydrogens (primary N) is 1. The molecule has 0 unspecified atom stereocenters. The maximum atomic E-state index is 11.8. The minimum atomic E-state index is -0.943. The highest BCUT2D eigenvalue weighted by Gasteiger charge is 2.49. The predicted octanol–water partition coefficient (Wildman–Crippen LogP) is -0.320. The van der Waals surface area contributed by atoms with Crippen molar-refractivity contribution in [2.45, 2.75) is 32.2 Å². The van der Waals surface area contributed by atoms with Crippen molar-refractivity contribution in [3.63, 3.8) is 0 Å². The Morgan fingerprint density at radius 1 is 1.47 bits per heavy atom. The molecule has 84 valence electrons. The molecule has 0 aromatic rings. The van der Waals surface area contributed by atoms with E-state index in [1.807, 2.05) is 5.43 Å². The summed E-state index contributed by atoms with van der Waals surface area (Å²) in [5.74, 6) is -0.476. The molecule has 5 amide bonds. The molecule has 1 aliphatic rings. The van der Waals surface area contributed by atoms with Gasteiger partial charge in [0.05, 0.1) is 0 Å². The second-order valence-corrected chi connectivity index (χ2v) is 3.34. The Morgan fingerprint density at radius 2 is 2.00 bits per heavy atom. The Balaban J connectivity index is 2.91. The first kappa shape index (κ1) is 11.3. The number of carbonyl (C=O) groups excluding carboxylic acids is 3. The Labute approximate surface area is 86.9 Å². The minimum Gasteiger partial charge on any atom is -0.350 e. The van der Waals surface area contributed by atoms with Crippen LogP contribution in [-0.4, -0.2) is 28.5 Å². The maximum absolute atomic E-state index is 11.8. The van der Waals surface area contributed by atoms with Gasteiger partial charge in [0, 0.05) is 0 Å². The summed E-state index contributed by atoms with van der Waals surface area (Å²) in [4.78, 5) is 33.8. The number of hydrogen-bond donors (Lipinski definition) is 3. The number of primary amides is 1. The molecule has 7 heteroatoms. The van der Waals surface area contributed by atoms with Crippen molar-refractivity contribution in [2.75, 3.05) is 0 Å². The largest absolute Gasteiger partial charge is 0.350 e. The van der Waals surface area contributed by atoms with Crippen LogP contribution >= 0.6 is 0 Å². The normalized spacial score (nSPS) is 18.9. The van der Waals surface area contributed by atoms with Gasteiger partial charge in [0.1, 0.15) is 5.54 Å². The van der Waals surface area contributed by atoms with Gasteiger partial charge in [0.2, 0.25) is 0 Å². The van der Waals surface area contributed by atoms with Crippen molar-refractivity contribution < 1.29 is 14.4 Å². The summed E-state index contributed by atoms with van der Waals surface area (Å²) >= 11 is 0. The van der Waals surface area contributed by atoms with Crippen LogP contribution in [0.2, 0.25) is 0 Å². The number of hydrazine groups is 1. The molecule has 15 heavy (non-hydrogen) atoms. The van der Waals surface area contributed by atoms with Crippen LogP contribution in [0.5, 0.6) is 0 Å². The van der Waals surface area contributed by atoms with Crippen molar-refractivity contribution in [2.24, 2.45) is 5.73 Å². The summed E-state index contributed by atoms with van der Waals surface area (Å²) in [6.45, 7) is 3.57. The van der Waals surface area contributed by atoms with E-state index < -0.39 is 23.5 Å². The van der Waals surface area contributed by atoms with E-state index in [9.17, 15) is 14.4 Å². The molecule has 1 heterocycles. The van der Waals surface area contributed by atoms with Gasteiger partial charge in [0.15, 0.2) is 0 Å². The summed E-state index contributed by atoms with van der Waals surface area (Å²) in [7, 11) is 0. The highest BCUT2D eigenvalue weighted by molar-refractivity contribution is 6.07. The summed E-state index contributed by atoms with van der Waals surface area (Å²) in [6.07, 6.45) is 0.927. The Bertz CT molecular complexity index is 311. The lowest BCUT2D eigenvalue weighted by molar-refractivity contribution is -0.133. The Hall–Kier alpha value is -1.79. The highest BCUT2D eigenvalue weighted by atomic mass is 16.2. The number of carbonyl (C=O) groups is 3. The smallest absolute Gasteiger partial charge is 0.344 e. The topological polar surface area (TPSA) is 105 Å². The molecule has 1 rings (SSSR count). The molecule has 0 saturated carbocycles. The zero-order valence-electron chi connectivity index (χ0n) is 8.66. The summed E-state index contributed by atoms with van der Waals surface area (Å²) in [5, 5.41) is 3.16. The van der Waals surface area contributed by atoms with Gasteiger partial charge in [-0.15, -0.1) is 0 Å². The van der Waals surface area contributed by atoms with Gasteiger partial charge in [0.25, 0.3) is 5.91 Å². The fourth-order valence-electron chi connectivity index (χ4n) is 1.56. The van der Waals surface area contributed by atoms with E-state index in [1.54, 1.807) is 13.8 Å². The van der Waals surface area contributed by atoms with Crippen molar-refractivity contribution in [1.29, 1.82) is 0 Å². The first-order valence-corrected chi connectivity index (χ1v) is 4.69. The van der Waals surface area contributed by atoms with Crippen LogP contribution in [0.3, 0.4) is 0 Å². The van der Waals surface area contributed by atoms with Crippen molar-refractivity contribution in [3.05, 3.63) is 0 Å². The SMILES string of the molecule is CCC1(CC)NC(=O)N(NC(N)=O)C1=O. The zero-order chi connectivity index (χ0) is 11.6. The number of nitrogens with one attached hydrogen (secondary N) is 2. The molecule has 0 aromatic carbocycles. The van der Waals surface area contributed by atoms with Gasteiger partial charge >= 0.3 is 12.1 Å². The summed E-state index contributed by atoms with van der Waals surface area (Å²) in [5.41, 5.74) is 5.90. The third kappa shape index (κ3) is 1.72. The van der Waals surface area contributed by atoms with Gasteiger partial charge in [-0.3, -0.25) is 4.79 Å².